The van der Waals surface area contributed by atoms with Gasteiger partial charge in [-0.15, -0.1) is 0 Å². The molecule has 0 spiro atoms. The van der Waals surface area contributed by atoms with E-state index in [-0.39, 0.29) is 24.8 Å². The monoisotopic (exact) mass is 544 g/mol. The number of nitrogens with zero attached hydrogens (tertiary/aromatic N) is 2. The molecule has 0 aliphatic carbocycles. The van der Waals surface area contributed by atoms with Gasteiger partial charge in [-0.25, -0.2) is 0 Å². The second-order valence-electron chi connectivity index (χ2n) is 12.4. The van der Waals surface area contributed by atoms with Gasteiger partial charge in [-0.3, -0.25) is 0 Å². The molecule has 0 aliphatic heterocycles. The molecule has 0 N–H and O–H groups in total. The topological polar surface area (TPSA) is 0 Å². The van der Waals surface area contributed by atoms with E-state index in [0.29, 0.717) is 0 Å². The molecular formula is C32H62Cl2N2. The molecule has 2 nitrogen and oxygen atoms in total. The predicted octanol–water partition coefficient (Wildman–Crippen LogP) is 3.13. The summed E-state index contributed by atoms with van der Waals surface area (Å²) in [6.07, 6.45) is 22.5. The fourth-order valence-electron chi connectivity index (χ4n) is 5.29. The van der Waals surface area contributed by atoms with Crippen LogP contribution >= 0.6 is 0 Å². The van der Waals surface area contributed by atoms with Crippen molar-refractivity contribution in [1.29, 1.82) is 0 Å². The fourth-order valence-corrected chi connectivity index (χ4v) is 5.29. The number of unbranched alkanes of at least 4 members (excludes halogenated alkanes) is 14. The molecular weight excluding hydrogens is 483 g/mol. The van der Waals surface area contributed by atoms with Crippen molar-refractivity contribution in [2.24, 2.45) is 0 Å². The van der Waals surface area contributed by atoms with Gasteiger partial charge in [-0.2, -0.15) is 0 Å². The van der Waals surface area contributed by atoms with Crippen molar-refractivity contribution < 1.29 is 33.8 Å². The third-order valence-corrected chi connectivity index (χ3v) is 7.55. The van der Waals surface area contributed by atoms with E-state index in [1.165, 1.54) is 116 Å². The molecule has 0 amide bonds. The Hall–Kier alpha value is -0.280. The molecule has 1 aromatic carbocycles. The lowest BCUT2D eigenvalue weighted by Crippen LogP contribution is -3.00. The van der Waals surface area contributed by atoms with E-state index >= 15 is 0 Å². The Labute approximate surface area is 239 Å². The average molecular weight is 546 g/mol. The molecule has 0 aromatic heterocycles. The minimum absolute atomic E-state index is 0. The molecule has 0 aliphatic rings. The molecule has 0 heterocycles. The number of hydrogen-bond acceptors (Lipinski definition) is 0. The van der Waals surface area contributed by atoms with Gasteiger partial charge in [0, 0.05) is 11.1 Å². The lowest BCUT2D eigenvalue weighted by molar-refractivity contribution is -0.907. The van der Waals surface area contributed by atoms with Crippen LogP contribution in [0, 0.1) is 0 Å². The van der Waals surface area contributed by atoms with Gasteiger partial charge in [0.1, 0.15) is 13.1 Å². The SMILES string of the molecule is CCCCCCCCCC[N+](C)(C)Cc1ccccc1C[N+](C)(C)CCCCCCCCCC.[Cl-].[Cl-]. The van der Waals surface area contributed by atoms with Crippen LogP contribution in [0.2, 0.25) is 0 Å². The lowest BCUT2D eigenvalue weighted by atomic mass is 10.0. The molecule has 0 fully saturated rings. The highest BCUT2D eigenvalue weighted by Gasteiger charge is 2.22. The molecule has 0 saturated heterocycles. The Kier molecular flexibility index (Phi) is 23.9. The Balaban J connectivity index is 0. The first-order chi connectivity index (χ1) is 16.3. The Morgan fingerprint density at radius 3 is 1.03 bits per heavy atom. The van der Waals surface area contributed by atoms with Crippen LogP contribution in [0.4, 0.5) is 0 Å². The number of quaternary nitrogens is 2. The van der Waals surface area contributed by atoms with Gasteiger partial charge in [0.15, 0.2) is 0 Å². The molecule has 0 atom stereocenters. The summed E-state index contributed by atoms with van der Waals surface area (Å²) in [5.41, 5.74) is 3.13. The maximum absolute atomic E-state index is 2.43. The van der Waals surface area contributed by atoms with Gasteiger partial charge in [0.05, 0.1) is 41.3 Å². The fraction of sp³-hybridized carbons (Fsp3) is 0.812. The molecule has 1 aromatic rings. The van der Waals surface area contributed by atoms with Gasteiger partial charge < -0.3 is 33.8 Å². The summed E-state index contributed by atoms with van der Waals surface area (Å²) in [6, 6.07) is 9.26. The molecule has 0 saturated carbocycles. The highest BCUT2D eigenvalue weighted by Crippen LogP contribution is 2.20. The molecule has 36 heavy (non-hydrogen) atoms. The van der Waals surface area contributed by atoms with Crippen LogP contribution in [-0.4, -0.2) is 50.2 Å². The summed E-state index contributed by atoms with van der Waals surface area (Å²) < 4.78 is 2.22. The molecule has 0 radical (unpaired) electrons. The van der Waals surface area contributed by atoms with E-state index < -0.39 is 0 Å². The van der Waals surface area contributed by atoms with Crippen molar-refractivity contribution in [3.05, 3.63) is 35.4 Å². The Morgan fingerprint density at radius 2 is 0.722 bits per heavy atom. The third-order valence-electron chi connectivity index (χ3n) is 7.55. The molecule has 4 heteroatoms. The van der Waals surface area contributed by atoms with E-state index in [1.54, 1.807) is 11.1 Å². The average Bonchev–Trinajstić information content (AvgIpc) is 2.78. The first kappa shape index (κ1) is 37.9. The first-order valence-corrected chi connectivity index (χ1v) is 15.0. The molecule has 214 valence electrons. The lowest BCUT2D eigenvalue weighted by Gasteiger charge is -2.33. The standard InChI is InChI=1S/C32H62N2.2ClH/c1-7-9-11-13-15-17-19-23-27-33(3,4)29-31-25-21-22-26-32(31)30-34(5,6)28-24-20-18-16-14-12-10-8-2;;/h21-22,25-26H,7-20,23-24,27-30H2,1-6H3;2*1H/q+2;;/p-2. The van der Waals surface area contributed by atoms with Crippen molar-refractivity contribution in [2.75, 3.05) is 41.3 Å². The predicted molar refractivity (Wildman–Crippen MR) is 153 cm³/mol. The zero-order valence-electron chi connectivity index (χ0n) is 25.1. The zero-order chi connectivity index (χ0) is 25.1. The van der Waals surface area contributed by atoms with E-state index in [4.69, 9.17) is 0 Å². The van der Waals surface area contributed by atoms with Gasteiger partial charge in [0.2, 0.25) is 0 Å². The van der Waals surface area contributed by atoms with Crippen LogP contribution < -0.4 is 24.8 Å². The minimum Gasteiger partial charge on any atom is -1.00 e. The smallest absolute Gasteiger partial charge is 0.104 e. The third kappa shape index (κ3) is 19.8. The van der Waals surface area contributed by atoms with Gasteiger partial charge in [-0.1, -0.05) is 115 Å². The molecule has 1 rings (SSSR count). The summed E-state index contributed by atoms with van der Waals surface area (Å²) in [4.78, 5) is 0. The summed E-state index contributed by atoms with van der Waals surface area (Å²) in [5.74, 6) is 0. The van der Waals surface area contributed by atoms with E-state index in [2.05, 4.69) is 66.3 Å². The summed E-state index contributed by atoms with van der Waals surface area (Å²) >= 11 is 0. The molecule has 0 unspecified atom stereocenters. The van der Waals surface area contributed by atoms with Crippen LogP contribution in [0.5, 0.6) is 0 Å². The molecule has 0 bridgehead atoms. The van der Waals surface area contributed by atoms with Crippen LogP contribution in [0.1, 0.15) is 128 Å². The van der Waals surface area contributed by atoms with Crippen molar-refractivity contribution in [1.82, 2.24) is 0 Å². The van der Waals surface area contributed by atoms with Crippen LogP contribution in [0.15, 0.2) is 24.3 Å². The van der Waals surface area contributed by atoms with Gasteiger partial charge >= 0.3 is 0 Å². The zero-order valence-corrected chi connectivity index (χ0v) is 26.6. The summed E-state index contributed by atoms with van der Waals surface area (Å²) in [7, 11) is 9.72. The van der Waals surface area contributed by atoms with E-state index in [1.807, 2.05) is 0 Å². The summed E-state index contributed by atoms with van der Waals surface area (Å²) in [5, 5.41) is 0. The maximum atomic E-state index is 2.43. The minimum atomic E-state index is 0. The Morgan fingerprint density at radius 1 is 0.444 bits per heavy atom. The number of benzene rings is 1. The van der Waals surface area contributed by atoms with Crippen molar-refractivity contribution in [2.45, 2.75) is 130 Å². The number of halogens is 2. The second kappa shape index (κ2) is 22.7. The highest BCUT2D eigenvalue weighted by atomic mass is 35.5. The normalized spacial score (nSPS) is 11.7. The Bertz CT molecular complexity index is 563. The van der Waals surface area contributed by atoms with Crippen LogP contribution in [-0.2, 0) is 13.1 Å². The largest absolute Gasteiger partial charge is 1.00 e. The number of hydrogen-bond donors (Lipinski definition) is 0. The van der Waals surface area contributed by atoms with Crippen molar-refractivity contribution in [3.8, 4) is 0 Å². The number of rotatable bonds is 22. The van der Waals surface area contributed by atoms with E-state index in [9.17, 15) is 0 Å². The van der Waals surface area contributed by atoms with E-state index in [0.717, 1.165) is 22.1 Å². The highest BCUT2D eigenvalue weighted by molar-refractivity contribution is 5.25. The van der Waals surface area contributed by atoms with Crippen LogP contribution in [0.3, 0.4) is 0 Å². The second-order valence-corrected chi connectivity index (χ2v) is 12.4. The van der Waals surface area contributed by atoms with Gasteiger partial charge in [-0.05, 0) is 25.7 Å². The quantitative estimate of drug-likeness (QED) is 0.155. The van der Waals surface area contributed by atoms with Gasteiger partial charge in [0.25, 0.3) is 0 Å². The van der Waals surface area contributed by atoms with Crippen molar-refractivity contribution >= 4 is 0 Å². The van der Waals surface area contributed by atoms with Crippen LogP contribution in [0.25, 0.3) is 0 Å². The summed E-state index contributed by atoms with van der Waals surface area (Å²) in [6.45, 7) is 9.50. The van der Waals surface area contributed by atoms with Crippen molar-refractivity contribution in [3.63, 3.8) is 0 Å². The maximum Gasteiger partial charge on any atom is 0.104 e. The first-order valence-electron chi connectivity index (χ1n) is 15.0.